The van der Waals surface area contributed by atoms with Crippen molar-refractivity contribution in [3.8, 4) is 0 Å². The number of oxazole rings is 1. The molecule has 2 N–H and O–H groups in total. The van der Waals surface area contributed by atoms with Gasteiger partial charge in [0.2, 0.25) is 0 Å². The lowest BCUT2D eigenvalue weighted by Crippen LogP contribution is -2.38. The number of H-pyrrole nitrogens is 1. The van der Waals surface area contributed by atoms with Gasteiger partial charge in [0, 0.05) is 18.7 Å². The zero-order chi connectivity index (χ0) is 15.6. The first-order valence-electron chi connectivity index (χ1n) is 6.79. The van der Waals surface area contributed by atoms with Gasteiger partial charge >= 0.3 is 0 Å². The molecular weight excluding hydrogens is 288 g/mol. The third kappa shape index (κ3) is 3.92. The van der Waals surface area contributed by atoms with E-state index in [9.17, 15) is 4.79 Å². The molecule has 5 nitrogen and oxygen atoms in total. The predicted octanol–water partition coefficient (Wildman–Crippen LogP) is 3.42. The first-order valence-corrected chi connectivity index (χ1v) is 7.20. The lowest BCUT2D eigenvalue weighted by atomic mass is 9.99. The lowest BCUT2D eigenvalue weighted by molar-refractivity contribution is 0.00885. The van der Waals surface area contributed by atoms with Crippen LogP contribution < -0.4 is 5.32 Å². The van der Waals surface area contributed by atoms with E-state index in [0.29, 0.717) is 16.0 Å². The SMILES string of the molecule is COC(C)(C)C[C@@H](C)NC(=O)c1ccc2[nH]c(=S)oc2c1. The highest BCUT2D eigenvalue weighted by molar-refractivity contribution is 7.71. The summed E-state index contributed by atoms with van der Waals surface area (Å²) in [5, 5.41) is 2.96. The van der Waals surface area contributed by atoms with Gasteiger partial charge in [-0.1, -0.05) is 0 Å². The van der Waals surface area contributed by atoms with E-state index in [4.69, 9.17) is 21.4 Å². The van der Waals surface area contributed by atoms with Crippen molar-refractivity contribution >= 4 is 29.2 Å². The summed E-state index contributed by atoms with van der Waals surface area (Å²) in [4.78, 5) is 15.5. The van der Waals surface area contributed by atoms with Crippen molar-refractivity contribution in [2.75, 3.05) is 7.11 Å². The van der Waals surface area contributed by atoms with E-state index in [1.165, 1.54) is 0 Å². The van der Waals surface area contributed by atoms with Gasteiger partial charge in [-0.25, -0.2) is 0 Å². The van der Waals surface area contributed by atoms with E-state index < -0.39 is 0 Å². The van der Waals surface area contributed by atoms with E-state index in [1.807, 2.05) is 20.8 Å². The third-order valence-electron chi connectivity index (χ3n) is 3.41. The van der Waals surface area contributed by atoms with Crippen LogP contribution in [0, 0.1) is 4.84 Å². The molecule has 0 aliphatic heterocycles. The number of nitrogens with one attached hydrogen (secondary N) is 2. The van der Waals surface area contributed by atoms with Gasteiger partial charge in [0.25, 0.3) is 10.7 Å². The molecule has 0 fully saturated rings. The number of carbonyl (C=O) groups is 1. The van der Waals surface area contributed by atoms with Crippen LogP contribution in [-0.4, -0.2) is 29.6 Å². The second-order valence-corrected chi connectivity index (χ2v) is 6.14. The largest absolute Gasteiger partial charge is 0.429 e. The molecule has 0 radical (unpaired) electrons. The van der Waals surface area contributed by atoms with E-state index >= 15 is 0 Å². The second kappa shape index (κ2) is 5.99. The van der Waals surface area contributed by atoms with Gasteiger partial charge in [-0.15, -0.1) is 0 Å². The van der Waals surface area contributed by atoms with Crippen LogP contribution in [0.25, 0.3) is 11.1 Å². The summed E-state index contributed by atoms with van der Waals surface area (Å²) in [6.07, 6.45) is 0.725. The second-order valence-electron chi connectivity index (χ2n) is 5.77. The number of carbonyl (C=O) groups excluding carboxylic acids is 1. The summed E-state index contributed by atoms with van der Waals surface area (Å²) in [6.45, 7) is 5.94. The van der Waals surface area contributed by atoms with Gasteiger partial charge in [0.15, 0.2) is 5.58 Å². The minimum Gasteiger partial charge on any atom is -0.429 e. The van der Waals surface area contributed by atoms with Gasteiger partial charge in [0.05, 0.1) is 11.1 Å². The third-order valence-corrected chi connectivity index (χ3v) is 3.60. The average Bonchev–Trinajstić information content (AvgIpc) is 2.76. The number of amides is 1. The Balaban J connectivity index is 2.09. The van der Waals surface area contributed by atoms with Gasteiger partial charge in [-0.3, -0.25) is 4.79 Å². The van der Waals surface area contributed by atoms with E-state index in [0.717, 1.165) is 11.9 Å². The van der Waals surface area contributed by atoms with Gasteiger partial charge in [-0.05, 0) is 57.6 Å². The number of benzene rings is 1. The zero-order valence-corrected chi connectivity index (χ0v) is 13.5. The highest BCUT2D eigenvalue weighted by Gasteiger charge is 2.21. The standard InChI is InChI=1S/C15H20N2O3S/c1-9(8-15(2,3)19-4)16-13(18)10-5-6-11-12(7-10)20-14(21)17-11/h5-7,9H,8H2,1-4H3,(H,16,18)(H,17,21)/t9-/m1/s1. The van der Waals surface area contributed by atoms with Crippen LogP contribution in [0.5, 0.6) is 0 Å². The number of aromatic amines is 1. The van der Waals surface area contributed by atoms with Crippen LogP contribution in [0.1, 0.15) is 37.6 Å². The van der Waals surface area contributed by atoms with Crippen LogP contribution >= 0.6 is 12.2 Å². The van der Waals surface area contributed by atoms with Crippen molar-refractivity contribution in [2.45, 2.75) is 38.8 Å². The van der Waals surface area contributed by atoms with E-state index in [1.54, 1.807) is 25.3 Å². The average molecular weight is 308 g/mol. The molecule has 1 aromatic heterocycles. The number of ether oxygens (including phenoxy) is 1. The van der Waals surface area contributed by atoms with Gasteiger partial charge in [0.1, 0.15) is 0 Å². The summed E-state index contributed by atoms with van der Waals surface area (Å²) < 4.78 is 10.7. The quantitative estimate of drug-likeness (QED) is 0.831. The molecule has 0 unspecified atom stereocenters. The number of hydrogen-bond acceptors (Lipinski definition) is 4. The number of aromatic nitrogens is 1. The molecule has 1 amide bonds. The molecule has 0 saturated heterocycles. The Labute approximate surface area is 128 Å². The maximum absolute atomic E-state index is 12.2. The normalized spacial score (nSPS) is 13.3. The number of hydrogen-bond donors (Lipinski definition) is 2. The molecule has 2 rings (SSSR count). The van der Waals surface area contributed by atoms with Crippen LogP contribution in [0.15, 0.2) is 22.6 Å². The van der Waals surface area contributed by atoms with Gasteiger partial charge in [-0.2, -0.15) is 0 Å². The van der Waals surface area contributed by atoms with Crippen LogP contribution in [-0.2, 0) is 4.74 Å². The minimum atomic E-state index is -0.274. The first kappa shape index (κ1) is 15.7. The van der Waals surface area contributed by atoms with Crippen molar-refractivity contribution < 1.29 is 13.9 Å². The molecule has 1 aromatic carbocycles. The van der Waals surface area contributed by atoms with E-state index in [2.05, 4.69) is 10.3 Å². The molecule has 1 heterocycles. The molecule has 0 bridgehead atoms. The fourth-order valence-electron chi connectivity index (χ4n) is 2.27. The maximum Gasteiger partial charge on any atom is 0.266 e. The Morgan fingerprint density at radius 3 is 2.90 bits per heavy atom. The number of methoxy groups -OCH3 is 1. The van der Waals surface area contributed by atoms with E-state index in [-0.39, 0.29) is 17.6 Å². The predicted molar refractivity (Wildman–Crippen MR) is 84.0 cm³/mol. The molecule has 21 heavy (non-hydrogen) atoms. The molecule has 0 aliphatic rings. The number of fused-ring (bicyclic) bond motifs is 1. The smallest absolute Gasteiger partial charge is 0.266 e. The Kier molecular flexibility index (Phi) is 4.49. The molecule has 114 valence electrons. The van der Waals surface area contributed by atoms with Crippen molar-refractivity contribution in [1.82, 2.24) is 10.3 Å². The maximum atomic E-state index is 12.2. The fraction of sp³-hybridized carbons (Fsp3) is 0.467. The van der Waals surface area contributed by atoms with Crippen molar-refractivity contribution in [2.24, 2.45) is 0 Å². The highest BCUT2D eigenvalue weighted by Crippen LogP contribution is 2.17. The van der Waals surface area contributed by atoms with Gasteiger partial charge < -0.3 is 19.5 Å². The Hall–Kier alpha value is -1.66. The summed E-state index contributed by atoms with van der Waals surface area (Å²) in [5.74, 6) is -0.140. The molecule has 0 saturated carbocycles. The van der Waals surface area contributed by atoms with Crippen molar-refractivity contribution in [1.29, 1.82) is 0 Å². The summed E-state index contributed by atoms with van der Waals surface area (Å²) >= 11 is 4.93. The fourth-order valence-corrected chi connectivity index (χ4v) is 2.47. The summed E-state index contributed by atoms with van der Waals surface area (Å²) in [7, 11) is 1.67. The van der Waals surface area contributed by atoms with Crippen LogP contribution in [0.3, 0.4) is 0 Å². The summed E-state index contributed by atoms with van der Waals surface area (Å²) in [6, 6.07) is 5.21. The molecule has 1 atom stereocenters. The molecular formula is C15H20N2O3S. The molecule has 0 aliphatic carbocycles. The topological polar surface area (TPSA) is 67.3 Å². The Bertz CT molecular complexity index is 702. The highest BCUT2D eigenvalue weighted by atomic mass is 32.1. The lowest BCUT2D eigenvalue weighted by Gasteiger charge is -2.27. The summed E-state index contributed by atoms with van der Waals surface area (Å²) in [5.41, 5.74) is 1.63. The van der Waals surface area contributed by atoms with Crippen molar-refractivity contribution in [3.63, 3.8) is 0 Å². The molecule has 0 spiro atoms. The monoisotopic (exact) mass is 308 g/mol. The Morgan fingerprint density at radius 1 is 1.52 bits per heavy atom. The molecule has 6 heteroatoms. The molecule has 2 aromatic rings. The number of rotatable bonds is 5. The van der Waals surface area contributed by atoms with Crippen LogP contribution in [0.4, 0.5) is 0 Å². The first-order chi connectivity index (χ1) is 9.80. The zero-order valence-electron chi connectivity index (χ0n) is 12.6. The minimum absolute atomic E-state index is 0.000763. The Morgan fingerprint density at radius 2 is 2.24 bits per heavy atom. The van der Waals surface area contributed by atoms with Crippen molar-refractivity contribution in [3.05, 3.63) is 28.6 Å². The van der Waals surface area contributed by atoms with Crippen LogP contribution in [0.2, 0.25) is 0 Å².